The lowest BCUT2D eigenvalue weighted by Crippen LogP contribution is -2.64. The summed E-state index contributed by atoms with van der Waals surface area (Å²) in [6.07, 6.45) is 6.55. The number of hydrogen-bond acceptors (Lipinski definition) is 3. The first-order valence-corrected chi connectivity index (χ1v) is 12.0. The van der Waals surface area contributed by atoms with Gasteiger partial charge in [0.25, 0.3) is 5.91 Å². The maximum Gasteiger partial charge on any atom is 0.273 e. The SMILES string of the molecule is CC(C)(C)c1cc2n(n1)C[C@@](C)(C(=O)NC1CCCCCC1)N(Cc1ccc(F)cc1)C2=O. The number of hydrogen-bond donors (Lipinski definition) is 1. The quantitative estimate of drug-likeness (QED) is 0.688. The Morgan fingerprint density at radius 3 is 2.39 bits per heavy atom. The van der Waals surface area contributed by atoms with Gasteiger partial charge in [0.05, 0.1) is 12.2 Å². The molecule has 1 saturated carbocycles. The zero-order valence-electron chi connectivity index (χ0n) is 20.2. The monoisotopic (exact) mass is 454 g/mol. The molecule has 0 bridgehead atoms. The number of carbonyl (C=O) groups excluding carboxylic acids is 2. The molecule has 2 amide bonds. The van der Waals surface area contributed by atoms with Gasteiger partial charge in [0, 0.05) is 18.0 Å². The summed E-state index contributed by atoms with van der Waals surface area (Å²) in [4.78, 5) is 29.0. The molecule has 1 N–H and O–H groups in total. The van der Waals surface area contributed by atoms with Gasteiger partial charge in [-0.05, 0) is 43.5 Å². The van der Waals surface area contributed by atoms with Gasteiger partial charge in [0.1, 0.15) is 17.1 Å². The summed E-state index contributed by atoms with van der Waals surface area (Å²) in [6, 6.07) is 8.06. The maximum atomic E-state index is 13.7. The third kappa shape index (κ3) is 4.82. The van der Waals surface area contributed by atoms with E-state index < -0.39 is 5.54 Å². The minimum atomic E-state index is -1.11. The molecular formula is C26H35FN4O2. The van der Waals surface area contributed by atoms with Gasteiger partial charge in [0.2, 0.25) is 5.91 Å². The Bertz CT molecular complexity index is 1020. The lowest BCUT2D eigenvalue weighted by Gasteiger charge is -2.44. The van der Waals surface area contributed by atoms with Crippen molar-refractivity contribution in [2.75, 3.05) is 0 Å². The molecule has 33 heavy (non-hydrogen) atoms. The fourth-order valence-electron chi connectivity index (χ4n) is 4.79. The van der Waals surface area contributed by atoms with E-state index >= 15 is 0 Å². The number of benzene rings is 1. The molecule has 2 heterocycles. The van der Waals surface area contributed by atoms with Gasteiger partial charge in [-0.15, -0.1) is 0 Å². The highest BCUT2D eigenvalue weighted by Crippen LogP contribution is 2.32. The highest BCUT2D eigenvalue weighted by atomic mass is 19.1. The first-order valence-electron chi connectivity index (χ1n) is 12.0. The van der Waals surface area contributed by atoms with Crippen LogP contribution in [0.2, 0.25) is 0 Å². The zero-order valence-corrected chi connectivity index (χ0v) is 20.2. The van der Waals surface area contributed by atoms with Crippen molar-refractivity contribution in [1.29, 1.82) is 0 Å². The molecule has 7 heteroatoms. The van der Waals surface area contributed by atoms with E-state index in [0.717, 1.165) is 36.9 Å². The summed E-state index contributed by atoms with van der Waals surface area (Å²) in [6.45, 7) is 8.50. The Morgan fingerprint density at radius 2 is 1.79 bits per heavy atom. The standard InChI is InChI=1S/C26H35FN4O2/c1-25(2,3)22-15-21-23(32)30(16-18-11-13-19(27)14-12-18)26(4,17-31(21)29-22)24(33)28-20-9-7-5-6-8-10-20/h11-15,20H,5-10,16-17H2,1-4H3,(H,28,33)/t26-/m0/s1. The van der Waals surface area contributed by atoms with Gasteiger partial charge in [-0.3, -0.25) is 14.3 Å². The molecule has 1 aliphatic heterocycles. The summed E-state index contributed by atoms with van der Waals surface area (Å²) >= 11 is 0. The molecule has 4 rings (SSSR count). The van der Waals surface area contributed by atoms with Crippen molar-refractivity contribution in [3.05, 3.63) is 53.1 Å². The molecule has 2 aliphatic rings. The molecule has 1 fully saturated rings. The molecule has 0 unspecified atom stereocenters. The van der Waals surface area contributed by atoms with Crippen molar-refractivity contribution < 1.29 is 14.0 Å². The normalized spacial score (nSPS) is 22.1. The van der Waals surface area contributed by atoms with E-state index in [0.29, 0.717) is 5.69 Å². The van der Waals surface area contributed by atoms with E-state index in [9.17, 15) is 14.0 Å². The molecule has 2 aromatic rings. The van der Waals surface area contributed by atoms with Crippen LogP contribution in [0.4, 0.5) is 4.39 Å². The van der Waals surface area contributed by atoms with Crippen LogP contribution in [0.1, 0.15) is 88.0 Å². The van der Waals surface area contributed by atoms with E-state index in [1.165, 1.54) is 25.0 Å². The number of nitrogens with one attached hydrogen (secondary N) is 1. The van der Waals surface area contributed by atoms with Crippen LogP contribution >= 0.6 is 0 Å². The minimum Gasteiger partial charge on any atom is -0.351 e. The van der Waals surface area contributed by atoms with Crippen molar-refractivity contribution in [3.63, 3.8) is 0 Å². The van der Waals surface area contributed by atoms with Crippen LogP contribution in [0.3, 0.4) is 0 Å². The average molecular weight is 455 g/mol. The summed E-state index contributed by atoms with van der Waals surface area (Å²) in [5.74, 6) is -0.708. The second-order valence-corrected chi connectivity index (χ2v) is 10.8. The van der Waals surface area contributed by atoms with E-state index in [1.54, 1.807) is 21.7 Å². The summed E-state index contributed by atoms with van der Waals surface area (Å²) in [5.41, 5.74) is 0.766. The second kappa shape index (κ2) is 8.92. The van der Waals surface area contributed by atoms with Gasteiger partial charge in [-0.25, -0.2) is 4.39 Å². The number of nitrogens with zero attached hydrogens (tertiary/aromatic N) is 3. The predicted molar refractivity (Wildman–Crippen MR) is 125 cm³/mol. The van der Waals surface area contributed by atoms with Crippen molar-refractivity contribution in [3.8, 4) is 0 Å². The van der Waals surface area contributed by atoms with E-state index in [1.807, 2.05) is 13.0 Å². The number of fused-ring (bicyclic) bond motifs is 1. The Labute approximate surface area is 195 Å². The molecule has 6 nitrogen and oxygen atoms in total. The van der Waals surface area contributed by atoms with Crippen molar-refractivity contribution >= 4 is 11.8 Å². The van der Waals surface area contributed by atoms with Crippen LogP contribution in [0.5, 0.6) is 0 Å². The highest BCUT2D eigenvalue weighted by Gasteiger charge is 2.48. The van der Waals surface area contributed by atoms with Gasteiger partial charge in [-0.2, -0.15) is 5.10 Å². The molecule has 178 valence electrons. The van der Waals surface area contributed by atoms with Crippen LogP contribution < -0.4 is 5.32 Å². The van der Waals surface area contributed by atoms with E-state index in [4.69, 9.17) is 5.10 Å². The topological polar surface area (TPSA) is 67.2 Å². The number of amides is 2. The maximum absolute atomic E-state index is 13.7. The number of halogens is 1. The molecule has 0 spiro atoms. The number of aromatic nitrogens is 2. The van der Waals surface area contributed by atoms with Gasteiger partial charge in [0.15, 0.2) is 0 Å². The molecule has 1 aromatic carbocycles. The molecule has 1 aromatic heterocycles. The fraction of sp³-hybridized carbons (Fsp3) is 0.577. The molecule has 0 saturated heterocycles. The van der Waals surface area contributed by atoms with Crippen LogP contribution in [-0.2, 0) is 23.3 Å². The molecular weight excluding hydrogens is 419 g/mol. The Kier molecular flexibility index (Phi) is 6.34. The first kappa shape index (κ1) is 23.5. The van der Waals surface area contributed by atoms with Gasteiger partial charge in [-0.1, -0.05) is 58.6 Å². The molecule has 1 aliphatic carbocycles. The van der Waals surface area contributed by atoms with Crippen LogP contribution in [0.25, 0.3) is 0 Å². The molecule has 0 radical (unpaired) electrons. The third-order valence-corrected chi connectivity index (χ3v) is 7.00. The Hall–Kier alpha value is -2.70. The highest BCUT2D eigenvalue weighted by molar-refractivity contribution is 5.99. The summed E-state index contributed by atoms with van der Waals surface area (Å²) in [7, 11) is 0. The Morgan fingerprint density at radius 1 is 1.15 bits per heavy atom. The lowest BCUT2D eigenvalue weighted by atomic mass is 9.91. The lowest BCUT2D eigenvalue weighted by molar-refractivity contribution is -0.134. The first-order chi connectivity index (χ1) is 15.6. The van der Waals surface area contributed by atoms with Gasteiger partial charge < -0.3 is 10.2 Å². The van der Waals surface area contributed by atoms with E-state index in [-0.39, 0.29) is 42.2 Å². The van der Waals surface area contributed by atoms with Crippen molar-refractivity contribution in [2.45, 2.75) is 96.3 Å². The fourth-order valence-corrected chi connectivity index (χ4v) is 4.79. The largest absolute Gasteiger partial charge is 0.351 e. The predicted octanol–water partition coefficient (Wildman–Crippen LogP) is 4.57. The van der Waals surface area contributed by atoms with E-state index in [2.05, 4.69) is 26.1 Å². The number of carbonyl (C=O) groups is 2. The summed E-state index contributed by atoms with van der Waals surface area (Å²) < 4.78 is 15.2. The van der Waals surface area contributed by atoms with Gasteiger partial charge >= 0.3 is 0 Å². The number of rotatable bonds is 4. The average Bonchev–Trinajstić information content (AvgIpc) is 3.02. The van der Waals surface area contributed by atoms with Crippen LogP contribution in [-0.4, -0.2) is 38.1 Å². The summed E-state index contributed by atoms with van der Waals surface area (Å²) in [5, 5.41) is 7.95. The third-order valence-electron chi connectivity index (χ3n) is 7.00. The zero-order chi connectivity index (χ0) is 23.8. The molecule has 1 atom stereocenters. The van der Waals surface area contributed by atoms with Crippen LogP contribution in [0.15, 0.2) is 30.3 Å². The van der Waals surface area contributed by atoms with Crippen molar-refractivity contribution in [1.82, 2.24) is 20.0 Å². The van der Waals surface area contributed by atoms with Crippen LogP contribution in [0, 0.1) is 5.82 Å². The van der Waals surface area contributed by atoms with Crippen molar-refractivity contribution in [2.24, 2.45) is 0 Å². The minimum absolute atomic E-state index is 0.128. The second-order valence-electron chi connectivity index (χ2n) is 10.8. The Balaban J connectivity index is 1.69. The smallest absolute Gasteiger partial charge is 0.273 e.